The van der Waals surface area contributed by atoms with Crippen LogP contribution in [0.4, 0.5) is 0 Å². The molecule has 3 fully saturated rings. The van der Waals surface area contributed by atoms with Crippen LogP contribution in [0.2, 0.25) is 0 Å². The van der Waals surface area contributed by atoms with Gasteiger partial charge in [-0.05, 0) is 86.0 Å². The quantitative estimate of drug-likeness (QED) is 0.643. The Kier molecular flexibility index (Phi) is 3.71. The van der Waals surface area contributed by atoms with E-state index in [1.165, 1.54) is 31.3 Å². The molecular weight excluding hydrogens is 308 g/mol. The van der Waals surface area contributed by atoms with Crippen molar-refractivity contribution < 1.29 is 9.59 Å². The Labute approximate surface area is 152 Å². The molecule has 7 atom stereocenters. The highest BCUT2D eigenvalue weighted by Gasteiger charge is 2.66. The van der Waals surface area contributed by atoms with Crippen LogP contribution in [0.25, 0.3) is 0 Å². The first-order chi connectivity index (χ1) is 11.6. The molecule has 4 aliphatic rings. The molecule has 0 aliphatic heterocycles. The molecule has 0 heterocycles. The second kappa shape index (κ2) is 5.30. The van der Waals surface area contributed by atoms with Crippen LogP contribution in [0, 0.1) is 39.9 Å². The van der Waals surface area contributed by atoms with Crippen molar-refractivity contribution in [2.75, 3.05) is 0 Å². The van der Waals surface area contributed by atoms with Gasteiger partial charge < -0.3 is 0 Å². The Balaban J connectivity index is 1.72. The van der Waals surface area contributed by atoms with E-state index >= 15 is 0 Å². The second-order valence-electron chi connectivity index (χ2n) is 10.3. The van der Waals surface area contributed by atoms with E-state index in [1.54, 1.807) is 0 Å². The fourth-order valence-electron chi connectivity index (χ4n) is 7.89. The summed E-state index contributed by atoms with van der Waals surface area (Å²) in [6.45, 7) is 11.3. The van der Waals surface area contributed by atoms with Crippen LogP contribution in [0.3, 0.4) is 0 Å². The summed E-state index contributed by atoms with van der Waals surface area (Å²) in [5.41, 5.74) is 1.66. The van der Waals surface area contributed by atoms with Crippen LogP contribution in [0.1, 0.15) is 79.6 Å². The molecule has 0 saturated heterocycles. The van der Waals surface area contributed by atoms with E-state index in [-0.39, 0.29) is 16.2 Å². The summed E-state index contributed by atoms with van der Waals surface area (Å²) in [7, 11) is 0. The van der Waals surface area contributed by atoms with Gasteiger partial charge in [0.25, 0.3) is 0 Å². The van der Waals surface area contributed by atoms with Gasteiger partial charge in [-0.25, -0.2) is 0 Å². The highest BCUT2D eigenvalue weighted by atomic mass is 16.1. The smallest absolute Gasteiger partial charge is 0.155 e. The van der Waals surface area contributed by atoms with Crippen LogP contribution in [0.5, 0.6) is 0 Å². The Hall–Kier alpha value is -0.920. The maximum absolute atomic E-state index is 12.7. The lowest BCUT2D eigenvalue weighted by Crippen LogP contribution is -2.53. The molecule has 2 nitrogen and oxygen atoms in total. The summed E-state index contributed by atoms with van der Waals surface area (Å²) < 4.78 is 0. The van der Waals surface area contributed by atoms with Crippen LogP contribution < -0.4 is 0 Å². The minimum Gasteiger partial charge on any atom is -0.299 e. The predicted octanol–water partition coefficient (Wildman–Crippen LogP) is 5.36. The molecular formula is C23H34O2. The molecule has 0 amide bonds. The van der Waals surface area contributed by atoms with Gasteiger partial charge in [0.1, 0.15) is 5.78 Å². The molecule has 0 unspecified atom stereocenters. The Morgan fingerprint density at radius 1 is 1.08 bits per heavy atom. The fourth-order valence-corrected chi connectivity index (χ4v) is 7.89. The van der Waals surface area contributed by atoms with Crippen LogP contribution in [0.15, 0.2) is 11.6 Å². The van der Waals surface area contributed by atoms with Gasteiger partial charge in [0.15, 0.2) is 5.78 Å². The Bertz CT molecular complexity index is 661. The molecule has 2 heteroatoms. The van der Waals surface area contributed by atoms with Crippen molar-refractivity contribution in [1.82, 2.24) is 0 Å². The number of carbonyl (C=O) groups is 2. The third kappa shape index (κ3) is 2.03. The molecule has 25 heavy (non-hydrogen) atoms. The lowest BCUT2D eigenvalue weighted by atomic mass is 9.45. The van der Waals surface area contributed by atoms with E-state index in [1.807, 2.05) is 13.0 Å². The topological polar surface area (TPSA) is 34.1 Å². The largest absolute Gasteiger partial charge is 0.299 e. The second-order valence-corrected chi connectivity index (χ2v) is 10.3. The van der Waals surface area contributed by atoms with Gasteiger partial charge in [0.05, 0.1) is 0 Å². The van der Waals surface area contributed by atoms with Crippen molar-refractivity contribution >= 4 is 11.6 Å². The lowest BCUT2D eigenvalue weighted by molar-refractivity contribution is -0.141. The molecule has 0 N–H and O–H groups in total. The summed E-state index contributed by atoms with van der Waals surface area (Å²) >= 11 is 0. The zero-order valence-electron chi connectivity index (χ0n) is 16.7. The monoisotopic (exact) mass is 342 g/mol. The summed E-state index contributed by atoms with van der Waals surface area (Å²) in [6, 6.07) is 0. The first-order valence-electron chi connectivity index (χ1n) is 10.4. The number of allylic oxidation sites excluding steroid dienone is 1. The van der Waals surface area contributed by atoms with E-state index in [0.29, 0.717) is 29.3 Å². The van der Waals surface area contributed by atoms with Crippen molar-refractivity contribution in [3.63, 3.8) is 0 Å². The summed E-state index contributed by atoms with van der Waals surface area (Å²) in [4.78, 5) is 24.6. The minimum absolute atomic E-state index is 0.154. The van der Waals surface area contributed by atoms with Gasteiger partial charge in [-0.1, -0.05) is 33.3 Å². The minimum atomic E-state index is -0.164. The third-order valence-corrected chi connectivity index (χ3v) is 9.86. The predicted molar refractivity (Wildman–Crippen MR) is 100 cm³/mol. The molecule has 0 aromatic heterocycles. The van der Waals surface area contributed by atoms with Crippen molar-refractivity contribution in [2.24, 2.45) is 39.9 Å². The molecule has 0 spiro atoms. The zero-order chi connectivity index (χ0) is 18.2. The van der Waals surface area contributed by atoms with Crippen molar-refractivity contribution in [2.45, 2.75) is 79.6 Å². The van der Waals surface area contributed by atoms with Crippen LogP contribution in [-0.2, 0) is 9.59 Å². The number of ketones is 2. The first-order valence-corrected chi connectivity index (χ1v) is 10.4. The number of hydrogen-bond donors (Lipinski definition) is 0. The number of Topliss-reactive ketones (excluding diaryl/α,β-unsaturated/α-hetero) is 1. The van der Waals surface area contributed by atoms with Gasteiger partial charge in [-0.2, -0.15) is 0 Å². The maximum atomic E-state index is 12.7. The van der Waals surface area contributed by atoms with Crippen molar-refractivity contribution in [3.8, 4) is 0 Å². The van der Waals surface area contributed by atoms with Gasteiger partial charge in [0.2, 0.25) is 0 Å². The summed E-state index contributed by atoms with van der Waals surface area (Å²) in [5, 5.41) is 0. The van der Waals surface area contributed by atoms with Gasteiger partial charge >= 0.3 is 0 Å². The SMILES string of the molecule is CC(=O)[C@]1(C)[C@@H](C)C[C@H]2[C@H]3CCC4=CC(=O)CC[C@@]4(C)[C@H]3CC[C@]21C. The van der Waals surface area contributed by atoms with E-state index in [0.717, 1.165) is 25.2 Å². The van der Waals surface area contributed by atoms with Gasteiger partial charge in [-0.15, -0.1) is 0 Å². The maximum Gasteiger partial charge on any atom is 0.155 e. The molecule has 138 valence electrons. The van der Waals surface area contributed by atoms with Crippen molar-refractivity contribution in [3.05, 3.63) is 11.6 Å². The lowest BCUT2D eigenvalue weighted by Gasteiger charge is -2.59. The molecule has 4 aliphatic carbocycles. The van der Waals surface area contributed by atoms with Crippen LogP contribution in [-0.4, -0.2) is 11.6 Å². The van der Waals surface area contributed by atoms with E-state index in [9.17, 15) is 9.59 Å². The normalized spacial score (nSPS) is 52.0. The van der Waals surface area contributed by atoms with Gasteiger partial charge in [0, 0.05) is 11.8 Å². The average Bonchev–Trinajstić information content (AvgIpc) is 2.77. The highest BCUT2D eigenvalue weighted by Crippen LogP contribution is 2.71. The molecule has 0 aromatic carbocycles. The fraction of sp³-hybridized carbons (Fsp3) is 0.826. The summed E-state index contributed by atoms with van der Waals surface area (Å²) in [5.74, 6) is 3.33. The van der Waals surface area contributed by atoms with E-state index in [2.05, 4.69) is 27.7 Å². The zero-order valence-corrected chi connectivity index (χ0v) is 16.7. The van der Waals surface area contributed by atoms with Gasteiger partial charge in [-0.3, -0.25) is 9.59 Å². The Morgan fingerprint density at radius 2 is 1.80 bits per heavy atom. The molecule has 0 aromatic rings. The highest BCUT2D eigenvalue weighted by molar-refractivity contribution is 5.91. The van der Waals surface area contributed by atoms with Crippen LogP contribution >= 0.6 is 0 Å². The number of rotatable bonds is 1. The number of hydrogen-bond acceptors (Lipinski definition) is 2. The molecule has 4 rings (SSSR count). The summed E-state index contributed by atoms with van der Waals surface area (Å²) in [6.07, 6.45) is 9.70. The van der Waals surface area contributed by atoms with Crippen molar-refractivity contribution in [1.29, 1.82) is 0 Å². The number of carbonyl (C=O) groups excluding carboxylic acids is 2. The Morgan fingerprint density at radius 3 is 2.48 bits per heavy atom. The number of fused-ring (bicyclic) bond motifs is 5. The molecule has 0 bridgehead atoms. The molecule has 0 radical (unpaired) electrons. The van der Waals surface area contributed by atoms with E-state index in [4.69, 9.17) is 0 Å². The first kappa shape index (κ1) is 17.5. The standard InChI is InChI=1S/C23H34O2/c1-14-12-20-18-7-6-16-13-17(25)8-10-21(16,3)19(18)9-11-22(20,4)23(14,5)15(2)24/h13-14,18-20H,6-12H2,1-5H3/t14-,18-,19-,20-,21+,22+,23-/m0/s1. The molecule has 3 saturated carbocycles. The van der Waals surface area contributed by atoms with E-state index < -0.39 is 0 Å². The average molecular weight is 343 g/mol. The third-order valence-electron chi connectivity index (χ3n) is 9.86.